The van der Waals surface area contributed by atoms with Gasteiger partial charge in [0.15, 0.2) is 8.07 Å². The van der Waals surface area contributed by atoms with E-state index in [9.17, 15) is 0 Å². The summed E-state index contributed by atoms with van der Waals surface area (Å²) in [5, 5.41) is 3.60. The van der Waals surface area contributed by atoms with Gasteiger partial charge in [-0.05, 0) is 131 Å². The van der Waals surface area contributed by atoms with Gasteiger partial charge in [-0.2, -0.15) is 0 Å². The van der Waals surface area contributed by atoms with Crippen molar-refractivity contribution in [2.24, 2.45) is 0 Å². The van der Waals surface area contributed by atoms with Gasteiger partial charge in [0.25, 0.3) is 0 Å². The highest BCUT2D eigenvalue weighted by Crippen LogP contribution is 2.50. The van der Waals surface area contributed by atoms with Crippen molar-refractivity contribution in [1.82, 2.24) is 0 Å². The molecule has 248 valence electrons. The van der Waals surface area contributed by atoms with Gasteiger partial charge in [0.1, 0.15) is 34.5 Å². The minimum Gasteiger partial charge on any atom is -0.496 e. The van der Waals surface area contributed by atoms with Gasteiger partial charge in [0.2, 0.25) is 0 Å². The van der Waals surface area contributed by atoms with Gasteiger partial charge in [-0.1, -0.05) is 11.1 Å². The molecule has 46 heavy (non-hydrogen) atoms. The maximum absolute atomic E-state index is 6.18. The molecule has 0 heterocycles. The fourth-order valence-corrected chi connectivity index (χ4v) is 15.0. The number of rotatable bonds is 10. The summed E-state index contributed by atoms with van der Waals surface area (Å²) in [6.45, 7) is 21.8. The Bertz CT molecular complexity index is 1580. The Morgan fingerprint density at radius 2 is 0.652 bits per heavy atom. The molecule has 0 aliphatic heterocycles. The van der Waals surface area contributed by atoms with Crippen molar-refractivity contribution in [3.8, 4) is 34.5 Å². The normalized spacial score (nSPS) is 13.8. The molecule has 3 aromatic carbocycles. The van der Waals surface area contributed by atoms with Crippen molar-refractivity contribution in [3.05, 3.63) is 73.9 Å². The van der Waals surface area contributed by atoms with Crippen LogP contribution < -0.4 is 44.0 Å². The Morgan fingerprint density at radius 1 is 0.391 bits per heavy atom. The van der Waals surface area contributed by atoms with Gasteiger partial charge in [-0.15, -0.1) is 0 Å². The predicted molar refractivity (Wildman–Crippen MR) is 192 cm³/mol. The van der Waals surface area contributed by atoms with Crippen molar-refractivity contribution < 1.29 is 28.4 Å². The predicted octanol–water partition coefficient (Wildman–Crippen LogP) is 7.12. The number of hydrogen-bond donors (Lipinski definition) is 0. The molecule has 0 N–H and O–H groups in total. The van der Waals surface area contributed by atoms with Crippen LogP contribution in [0.1, 0.15) is 61.1 Å². The number of methoxy groups -OCH3 is 6. The third-order valence-electron chi connectivity index (χ3n) is 10.8. The summed E-state index contributed by atoms with van der Waals surface area (Å²) in [6.07, 6.45) is 0. The van der Waals surface area contributed by atoms with Gasteiger partial charge in [-0.3, -0.25) is 0 Å². The molecule has 3 aromatic rings. The summed E-state index contributed by atoms with van der Waals surface area (Å²) >= 11 is 0. The first-order valence-corrected chi connectivity index (χ1v) is 17.8. The summed E-state index contributed by atoms with van der Waals surface area (Å²) in [4.78, 5) is 0. The summed E-state index contributed by atoms with van der Waals surface area (Å²) in [7, 11) is 7.15. The zero-order chi connectivity index (χ0) is 34.4. The molecular weight excluding hydrogens is 593 g/mol. The molecule has 0 spiro atoms. The lowest BCUT2D eigenvalue weighted by molar-refractivity contribution is 0.387. The van der Waals surface area contributed by atoms with Crippen molar-refractivity contribution in [2.75, 3.05) is 42.7 Å². The van der Waals surface area contributed by atoms with Crippen LogP contribution in [0.5, 0.6) is 34.5 Å². The molecule has 0 aromatic heterocycles. The Morgan fingerprint density at radius 3 is 0.870 bits per heavy atom. The fourth-order valence-electron chi connectivity index (χ4n) is 8.27. The first-order chi connectivity index (χ1) is 21.7. The van der Waals surface area contributed by atoms with Crippen molar-refractivity contribution in [1.29, 1.82) is 0 Å². The summed E-state index contributed by atoms with van der Waals surface area (Å²) < 4.78 is 36.9. The van der Waals surface area contributed by atoms with Crippen LogP contribution in [-0.4, -0.2) is 50.7 Å². The Kier molecular flexibility index (Phi) is 9.98. The first-order valence-electron chi connectivity index (χ1n) is 15.8. The monoisotopic (exact) mass is 644 g/mol. The third kappa shape index (κ3) is 4.89. The highest BCUT2D eigenvalue weighted by atomic mass is 28.3. The van der Waals surface area contributed by atoms with E-state index in [1.807, 2.05) is 0 Å². The van der Waals surface area contributed by atoms with E-state index < -0.39 is 8.07 Å². The summed E-state index contributed by atoms with van der Waals surface area (Å²) in [6, 6.07) is 6.79. The van der Waals surface area contributed by atoms with Crippen LogP contribution in [0.3, 0.4) is 0 Å². The summed E-state index contributed by atoms with van der Waals surface area (Å²) in [5.41, 5.74) is 11.6. The second-order valence-electron chi connectivity index (χ2n) is 12.6. The maximum atomic E-state index is 6.18. The van der Waals surface area contributed by atoms with Gasteiger partial charge < -0.3 is 28.4 Å². The lowest BCUT2D eigenvalue weighted by atomic mass is 10.1. The van der Waals surface area contributed by atoms with Gasteiger partial charge in [0, 0.05) is 22.2 Å². The smallest absolute Gasteiger partial charge is 0.161 e. The van der Waals surface area contributed by atoms with E-state index in [0.717, 1.165) is 67.9 Å². The van der Waals surface area contributed by atoms with E-state index >= 15 is 0 Å². The lowest BCUT2D eigenvalue weighted by Crippen LogP contribution is -2.72. The topological polar surface area (TPSA) is 55.4 Å². The van der Waals surface area contributed by atoms with E-state index in [-0.39, 0.29) is 5.54 Å². The zero-order valence-electron chi connectivity index (χ0n) is 30.8. The average Bonchev–Trinajstić information content (AvgIpc) is 3.22. The molecule has 0 radical (unpaired) electrons. The molecule has 0 saturated heterocycles. The van der Waals surface area contributed by atoms with Crippen molar-refractivity contribution in [3.63, 3.8) is 0 Å². The molecule has 7 heteroatoms. The molecule has 1 aliphatic rings. The highest BCUT2D eigenvalue weighted by Gasteiger charge is 2.54. The van der Waals surface area contributed by atoms with E-state index in [1.54, 1.807) is 42.7 Å². The van der Waals surface area contributed by atoms with Gasteiger partial charge in [0.05, 0.1) is 42.7 Å². The molecule has 0 atom stereocenters. The molecule has 0 unspecified atom stereocenters. The molecule has 0 bridgehead atoms. The molecule has 0 fully saturated rings. The van der Waals surface area contributed by atoms with Crippen LogP contribution in [0.2, 0.25) is 5.54 Å². The van der Waals surface area contributed by atoms with Crippen molar-refractivity contribution in [2.45, 2.75) is 74.8 Å². The number of ether oxygens (including phenoxy) is 6. The SMILES string of the molecule is COc1cc([Si](c2cc(OC)c(C)c(OC)c2C)(c2cc(OC)c(C)c(OC)c2C)C2C(C)=C(C)C(C)=C2C)c(C)c(OC)c1C. The minimum atomic E-state index is -3.28. The molecular formula is C39H52O6Si. The first kappa shape index (κ1) is 35.0. The largest absolute Gasteiger partial charge is 0.496 e. The Labute approximate surface area is 277 Å². The maximum Gasteiger partial charge on any atom is 0.161 e. The standard InChI is InChI=1S/C39H52O6Si/c1-20-21(2)23(4)39(22(20)3)46(33-17-30(40-11)24(5)36(43-14)27(33)8,34-18-31(41-12)25(6)37(44-15)28(34)9)35-19-32(42-13)26(7)38(45-16)29(35)10/h17-19,39H,1-16H3. The molecule has 6 nitrogen and oxygen atoms in total. The highest BCUT2D eigenvalue weighted by molar-refractivity contribution is 7.14. The summed E-state index contributed by atoms with van der Waals surface area (Å²) in [5.74, 6) is 4.85. The molecule has 4 rings (SSSR count). The minimum absolute atomic E-state index is 0.0509. The second-order valence-corrected chi connectivity index (χ2v) is 16.4. The van der Waals surface area contributed by atoms with Crippen LogP contribution in [0.25, 0.3) is 0 Å². The second kappa shape index (κ2) is 13.1. The Hall–Kier alpha value is -3.84. The van der Waals surface area contributed by atoms with Gasteiger partial charge in [-0.25, -0.2) is 0 Å². The van der Waals surface area contributed by atoms with E-state index in [1.165, 1.54) is 37.9 Å². The number of allylic oxidation sites excluding steroid dienone is 4. The van der Waals surface area contributed by atoms with Crippen molar-refractivity contribution >= 4 is 23.6 Å². The molecule has 1 aliphatic carbocycles. The van der Waals surface area contributed by atoms with Gasteiger partial charge >= 0.3 is 0 Å². The van der Waals surface area contributed by atoms with Crippen LogP contribution in [-0.2, 0) is 0 Å². The third-order valence-corrected chi connectivity index (χ3v) is 16.6. The van der Waals surface area contributed by atoms with Crippen LogP contribution in [0.4, 0.5) is 0 Å². The fraction of sp³-hybridized carbons (Fsp3) is 0.436. The number of hydrogen-bond acceptors (Lipinski definition) is 6. The van der Waals surface area contributed by atoms with E-state index in [4.69, 9.17) is 28.4 Å². The van der Waals surface area contributed by atoms with E-state index in [0.29, 0.717) is 0 Å². The Balaban J connectivity index is 2.52. The average molecular weight is 645 g/mol. The zero-order valence-corrected chi connectivity index (χ0v) is 31.8. The molecule has 0 amide bonds. The lowest BCUT2D eigenvalue weighted by Gasteiger charge is -2.44. The van der Waals surface area contributed by atoms with Crippen LogP contribution in [0, 0.1) is 41.5 Å². The van der Waals surface area contributed by atoms with Crippen LogP contribution in [0.15, 0.2) is 40.5 Å². The van der Waals surface area contributed by atoms with Crippen LogP contribution >= 0.6 is 0 Å². The number of benzene rings is 3. The van der Waals surface area contributed by atoms with E-state index in [2.05, 4.69) is 87.4 Å². The molecule has 0 saturated carbocycles. The quantitative estimate of drug-likeness (QED) is 0.173.